The van der Waals surface area contributed by atoms with Crippen LogP contribution in [0.2, 0.25) is 0 Å². The number of hydrogen-bond acceptors (Lipinski definition) is 4. The Labute approximate surface area is 76.6 Å². The van der Waals surface area contributed by atoms with Gasteiger partial charge in [0.1, 0.15) is 0 Å². The Bertz CT molecular complexity index is 140. The van der Waals surface area contributed by atoms with Crippen LogP contribution in [0, 0.1) is 0 Å². The first-order valence-corrected chi connectivity index (χ1v) is 3.59. The van der Waals surface area contributed by atoms with Gasteiger partial charge in [0, 0.05) is 0 Å². The second-order valence-corrected chi connectivity index (χ2v) is 3.01. The quantitative estimate of drug-likeness (QED) is 0.399. The Morgan fingerprint density at radius 1 is 1.56 bits per heavy atom. The van der Waals surface area contributed by atoms with E-state index in [0.29, 0.717) is 0 Å². The van der Waals surface area contributed by atoms with Crippen LogP contribution in [0.5, 0.6) is 0 Å². The van der Waals surface area contributed by atoms with E-state index in [1.54, 1.807) is 0 Å². The molecular formula is C3H9NaO4S. The van der Waals surface area contributed by atoms with Crippen LogP contribution in [-0.4, -0.2) is 62.6 Å². The van der Waals surface area contributed by atoms with E-state index in [1.165, 1.54) is 0 Å². The summed E-state index contributed by atoms with van der Waals surface area (Å²) in [5.74, 6) is -0.330. The van der Waals surface area contributed by atoms with Crippen molar-refractivity contribution in [3.8, 4) is 0 Å². The molecular weight excluding hydrogens is 155 g/mol. The van der Waals surface area contributed by atoms with E-state index in [1.807, 2.05) is 0 Å². The average Bonchev–Trinajstić information content (AvgIpc) is 1.67. The van der Waals surface area contributed by atoms with Gasteiger partial charge in [0.15, 0.2) is 0 Å². The summed E-state index contributed by atoms with van der Waals surface area (Å²) in [6.45, 7) is -0.393. The summed E-state index contributed by atoms with van der Waals surface area (Å²) in [6, 6.07) is 0. The Kier molecular flexibility index (Phi) is 7.86. The summed E-state index contributed by atoms with van der Waals surface area (Å²) < 4.78 is 24.4. The third-order valence-corrected chi connectivity index (χ3v) is 1.79. The summed E-state index contributed by atoms with van der Waals surface area (Å²) in [7, 11) is -2.36. The van der Waals surface area contributed by atoms with E-state index in [-0.39, 0.29) is 35.3 Å². The minimum atomic E-state index is -3.42. The van der Waals surface area contributed by atoms with Gasteiger partial charge < -0.3 is 5.11 Å². The van der Waals surface area contributed by atoms with Gasteiger partial charge in [-0.25, -0.2) is 0 Å². The van der Waals surface area contributed by atoms with Crippen LogP contribution in [0.4, 0.5) is 0 Å². The maximum absolute atomic E-state index is 10.2. The zero-order valence-electron chi connectivity index (χ0n) is 4.49. The molecule has 0 aliphatic heterocycles. The summed E-state index contributed by atoms with van der Waals surface area (Å²) in [6.07, 6.45) is 0. The van der Waals surface area contributed by atoms with Crippen molar-refractivity contribution in [3.05, 3.63) is 0 Å². The molecule has 0 aromatic rings. The van der Waals surface area contributed by atoms with E-state index in [2.05, 4.69) is 4.18 Å². The topological polar surface area (TPSA) is 63.6 Å². The van der Waals surface area contributed by atoms with Gasteiger partial charge in [-0.3, -0.25) is 4.18 Å². The Hall–Kier alpha value is 0.870. The molecule has 0 atom stereocenters. The molecule has 0 aromatic heterocycles. The number of hydrogen-bond donors (Lipinski definition) is 1. The molecule has 0 aromatic carbocycles. The van der Waals surface area contributed by atoms with Crippen molar-refractivity contribution < 1.29 is 17.7 Å². The fraction of sp³-hybridized carbons (Fsp3) is 1.00. The molecule has 0 unspecified atom stereocenters. The molecule has 0 aliphatic rings. The average molecular weight is 164 g/mol. The summed E-state index contributed by atoms with van der Waals surface area (Å²) in [4.78, 5) is 0. The molecule has 1 N–H and O–H groups in total. The minimum absolute atomic E-state index is 0. The van der Waals surface area contributed by atoms with Crippen LogP contribution in [0.3, 0.4) is 0 Å². The number of aliphatic hydroxyl groups is 1. The molecule has 0 rings (SSSR count). The first kappa shape index (κ1) is 12.5. The predicted molar refractivity (Wildman–Crippen MR) is 35.0 cm³/mol. The van der Waals surface area contributed by atoms with Gasteiger partial charge in [0.25, 0.3) is 10.1 Å². The van der Waals surface area contributed by atoms with Crippen molar-refractivity contribution in [2.45, 2.75) is 0 Å². The fourth-order valence-corrected chi connectivity index (χ4v) is 0.585. The van der Waals surface area contributed by atoms with Gasteiger partial charge in [0.05, 0.1) is 19.5 Å². The predicted octanol–water partition coefficient (Wildman–Crippen LogP) is -1.69. The van der Waals surface area contributed by atoms with Crippen LogP contribution in [0.25, 0.3) is 0 Å². The van der Waals surface area contributed by atoms with Crippen LogP contribution in [-0.2, 0) is 14.3 Å². The molecule has 9 heavy (non-hydrogen) atoms. The van der Waals surface area contributed by atoms with E-state index in [0.717, 1.165) is 7.11 Å². The van der Waals surface area contributed by atoms with Gasteiger partial charge in [-0.15, -0.1) is 0 Å². The third kappa shape index (κ3) is 6.76. The zero-order valence-corrected chi connectivity index (χ0v) is 5.31. The van der Waals surface area contributed by atoms with Gasteiger partial charge in [-0.05, 0) is 0 Å². The van der Waals surface area contributed by atoms with Crippen molar-refractivity contribution in [2.24, 2.45) is 0 Å². The monoisotopic (exact) mass is 164 g/mol. The SMILES string of the molecule is COS(=O)(=O)CCO.[NaH]. The molecule has 0 spiro atoms. The third-order valence-electron chi connectivity index (χ3n) is 0.595. The summed E-state index contributed by atoms with van der Waals surface area (Å²) in [5.41, 5.74) is 0. The first-order valence-electron chi connectivity index (χ1n) is 2.01. The molecule has 4 nitrogen and oxygen atoms in total. The van der Waals surface area contributed by atoms with Crippen molar-refractivity contribution in [3.63, 3.8) is 0 Å². The molecule has 0 heterocycles. The van der Waals surface area contributed by atoms with Gasteiger partial charge in [0.2, 0.25) is 0 Å². The molecule has 0 saturated heterocycles. The molecule has 0 bridgehead atoms. The molecule has 0 radical (unpaired) electrons. The van der Waals surface area contributed by atoms with E-state index >= 15 is 0 Å². The van der Waals surface area contributed by atoms with Crippen molar-refractivity contribution >= 4 is 39.7 Å². The maximum atomic E-state index is 10.2. The van der Waals surface area contributed by atoms with Crippen molar-refractivity contribution in [1.82, 2.24) is 0 Å². The molecule has 0 fully saturated rings. The summed E-state index contributed by atoms with van der Waals surface area (Å²) >= 11 is 0. The van der Waals surface area contributed by atoms with Gasteiger partial charge in [-0.2, -0.15) is 8.42 Å². The second-order valence-electron chi connectivity index (χ2n) is 1.15. The van der Waals surface area contributed by atoms with Gasteiger partial charge in [-0.1, -0.05) is 0 Å². The molecule has 52 valence electrons. The van der Waals surface area contributed by atoms with Crippen LogP contribution in [0.1, 0.15) is 0 Å². The first-order chi connectivity index (χ1) is 3.62. The van der Waals surface area contributed by atoms with Crippen molar-refractivity contribution in [2.75, 3.05) is 19.5 Å². The Morgan fingerprint density at radius 3 is 2.11 bits per heavy atom. The normalized spacial score (nSPS) is 10.4. The molecule has 0 amide bonds. The van der Waals surface area contributed by atoms with Crippen molar-refractivity contribution in [1.29, 1.82) is 0 Å². The van der Waals surface area contributed by atoms with Crippen LogP contribution in [0.15, 0.2) is 0 Å². The molecule has 6 heteroatoms. The zero-order chi connectivity index (χ0) is 6.62. The second kappa shape index (κ2) is 5.64. The fourth-order valence-electron chi connectivity index (χ4n) is 0.195. The van der Waals surface area contributed by atoms with E-state index in [4.69, 9.17) is 5.11 Å². The van der Waals surface area contributed by atoms with E-state index in [9.17, 15) is 8.42 Å². The van der Waals surface area contributed by atoms with Crippen LogP contribution < -0.4 is 0 Å². The van der Waals surface area contributed by atoms with E-state index < -0.39 is 16.7 Å². The van der Waals surface area contributed by atoms with Crippen LogP contribution >= 0.6 is 0 Å². The molecule has 0 aliphatic carbocycles. The Balaban J connectivity index is 0. The Morgan fingerprint density at radius 2 is 2.00 bits per heavy atom. The standard InChI is InChI=1S/C3H8O4S.Na.H/c1-7-8(5,6)3-2-4;;/h4H,2-3H2,1H3;;. The number of rotatable bonds is 3. The number of aliphatic hydroxyl groups excluding tert-OH is 1. The summed E-state index contributed by atoms with van der Waals surface area (Å²) in [5, 5.41) is 8.07. The van der Waals surface area contributed by atoms with Gasteiger partial charge >= 0.3 is 29.6 Å². The molecule has 0 saturated carbocycles.